The maximum Gasteiger partial charge on any atom is 0.234 e. The minimum absolute atomic E-state index is 0. The van der Waals surface area contributed by atoms with Crippen molar-refractivity contribution in [2.75, 3.05) is 39.8 Å². The van der Waals surface area contributed by atoms with Crippen molar-refractivity contribution in [3.05, 3.63) is 30.1 Å². The maximum absolute atomic E-state index is 13.0. The Hall–Kier alpha value is -1.62. The number of nitrogens with one attached hydrogen (secondary N) is 3. The van der Waals surface area contributed by atoms with Crippen LogP contribution in [0.4, 0.5) is 4.39 Å². The summed E-state index contributed by atoms with van der Waals surface area (Å²) in [6, 6.07) is 6.33. The molecule has 9 heteroatoms. The van der Waals surface area contributed by atoms with Crippen LogP contribution in [0.3, 0.4) is 0 Å². The van der Waals surface area contributed by atoms with Gasteiger partial charge in [-0.25, -0.2) is 4.39 Å². The first kappa shape index (κ1) is 26.4. The lowest BCUT2D eigenvalue weighted by atomic mass is 10.1. The fourth-order valence-corrected chi connectivity index (χ4v) is 3.17. The first-order chi connectivity index (χ1) is 14.0. The molecule has 170 valence electrons. The van der Waals surface area contributed by atoms with Crippen molar-refractivity contribution in [3.63, 3.8) is 0 Å². The first-order valence-electron chi connectivity index (χ1n) is 10.4. The Labute approximate surface area is 196 Å². The Balaban J connectivity index is 0.00000450. The van der Waals surface area contributed by atoms with Crippen LogP contribution in [0, 0.1) is 5.82 Å². The largest absolute Gasteiger partial charge is 0.489 e. The number of aliphatic imine (C=N–C) groups is 1. The van der Waals surface area contributed by atoms with Crippen molar-refractivity contribution in [3.8, 4) is 5.75 Å². The number of guanidine groups is 1. The highest BCUT2D eigenvalue weighted by atomic mass is 127. The molecule has 7 nitrogen and oxygen atoms in total. The van der Waals surface area contributed by atoms with Gasteiger partial charge in [-0.1, -0.05) is 6.92 Å². The van der Waals surface area contributed by atoms with E-state index in [0.717, 1.165) is 44.9 Å². The zero-order valence-corrected chi connectivity index (χ0v) is 20.4. The van der Waals surface area contributed by atoms with Gasteiger partial charge in [0.1, 0.15) is 17.7 Å². The minimum Gasteiger partial charge on any atom is -0.489 e. The standard InChI is InChI=1S/C21H34FN5O2.HI/c1-4-11-24-20(28)15-27-12-9-18(10-13-27)26-21(23-3)25-14-16(2)29-19-7-5-17(22)6-8-19;/h5-8,16,18H,4,9-15H2,1-3H3,(H,24,28)(H2,23,25,26);1H. The van der Waals surface area contributed by atoms with Gasteiger partial charge in [0.05, 0.1) is 13.1 Å². The van der Waals surface area contributed by atoms with E-state index in [1.165, 1.54) is 12.1 Å². The third-order valence-electron chi connectivity index (χ3n) is 4.80. The van der Waals surface area contributed by atoms with Crippen molar-refractivity contribution in [2.45, 2.75) is 45.3 Å². The van der Waals surface area contributed by atoms with Gasteiger partial charge in [0, 0.05) is 32.7 Å². The van der Waals surface area contributed by atoms with Crippen LogP contribution < -0.4 is 20.7 Å². The Morgan fingerprint density at radius 2 is 1.93 bits per heavy atom. The highest BCUT2D eigenvalue weighted by Gasteiger charge is 2.21. The molecular formula is C21H35FIN5O2. The summed E-state index contributed by atoms with van der Waals surface area (Å²) in [7, 11) is 1.74. The summed E-state index contributed by atoms with van der Waals surface area (Å²) in [5, 5.41) is 9.65. The normalized spacial score (nSPS) is 16.3. The Morgan fingerprint density at radius 3 is 2.53 bits per heavy atom. The van der Waals surface area contributed by atoms with Crippen molar-refractivity contribution >= 4 is 35.8 Å². The quantitative estimate of drug-likeness (QED) is 0.257. The SMILES string of the molecule is CCCNC(=O)CN1CCC(NC(=NC)NCC(C)Oc2ccc(F)cc2)CC1.I. The van der Waals surface area contributed by atoms with Crippen LogP contribution in [0.2, 0.25) is 0 Å². The Kier molecular flexibility index (Phi) is 12.7. The number of nitrogens with zero attached hydrogens (tertiary/aromatic N) is 2. The smallest absolute Gasteiger partial charge is 0.234 e. The molecule has 1 saturated heterocycles. The second-order valence-corrected chi connectivity index (χ2v) is 7.38. The second kappa shape index (κ2) is 14.4. The number of rotatable bonds is 9. The predicted octanol–water partition coefficient (Wildman–Crippen LogP) is 2.37. The molecule has 1 amide bonds. The molecule has 30 heavy (non-hydrogen) atoms. The van der Waals surface area contributed by atoms with E-state index >= 15 is 0 Å². The number of likely N-dealkylation sites (tertiary alicyclic amines) is 1. The third-order valence-corrected chi connectivity index (χ3v) is 4.80. The summed E-state index contributed by atoms with van der Waals surface area (Å²) in [6.07, 6.45) is 2.78. The monoisotopic (exact) mass is 535 g/mol. The fraction of sp³-hybridized carbons (Fsp3) is 0.619. The van der Waals surface area contributed by atoms with Gasteiger partial charge in [0.15, 0.2) is 5.96 Å². The van der Waals surface area contributed by atoms with Crippen molar-refractivity contribution in [1.29, 1.82) is 0 Å². The number of benzene rings is 1. The molecule has 0 saturated carbocycles. The number of carbonyl (C=O) groups excluding carboxylic acids is 1. The minimum atomic E-state index is -0.277. The zero-order valence-electron chi connectivity index (χ0n) is 18.1. The van der Waals surface area contributed by atoms with Gasteiger partial charge in [-0.3, -0.25) is 14.7 Å². The number of ether oxygens (including phenoxy) is 1. The highest BCUT2D eigenvalue weighted by Crippen LogP contribution is 2.13. The van der Waals surface area contributed by atoms with Crippen molar-refractivity contribution in [2.24, 2.45) is 4.99 Å². The summed E-state index contributed by atoms with van der Waals surface area (Å²) < 4.78 is 18.7. The number of piperidine rings is 1. The van der Waals surface area contributed by atoms with Gasteiger partial charge in [-0.2, -0.15) is 0 Å². The average Bonchev–Trinajstić information content (AvgIpc) is 2.72. The number of amides is 1. The number of hydrogen-bond acceptors (Lipinski definition) is 4. The van der Waals surface area contributed by atoms with Crippen LogP contribution in [-0.4, -0.2) is 68.7 Å². The summed E-state index contributed by atoms with van der Waals surface area (Å²) >= 11 is 0. The maximum atomic E-state index is 13.0. The Morgan fingerprint density at radius 1 is 1.27 bits per heavy atom. The van der Waals surface area contributed by atoms with Crippen molar-refractivity contribution < 1.29 is 13.9 Å². The molecule has 1 aromatic rings. The Bertz CT molecular complexity index is 651. The molecule has 3 N–H and O–H groups in total. The van der Waals surface area contributed by atoms with Gasteiger partial charge in [0.25, 0.3) is 0 Å². The summed E-state index contributed by atoms with van der Waals surface area (Å²) in [5.41, 5.74) is 0. The van der Waals surface area contributed by atoms with Gasteiger partial charge >= 0.3 is 0 Å². The lowest BCUT2D eigenvalue weighted by Crippen LogP contribution is -2.51. The lowest BCUT2D eigenvalue weighted by molar-refractivity contribution is -0.122. The molecule has 2 rings (SSSR count). The average molecular weight is 535 g/mol. The lowest BCUT2D eigenvalue weighted by Gasteiger charge is -2.32. The molecule has 1 unspecified atom stereocenters. The van der Waals surface area contributed by atoms with Gasteiger partial charge in [0.2, 0.25) is 5.91 Å². The summed E-state index contributed by atoms with van der Waals surface area (Å²) in [6.45, 7) is 7.56. The molecule has 1 aliphatic heterocycles. The molecule has 1 aliphatic rings. The van der Waals surface area contributed by atoms with Crippen molar-refractivity contribution in [1.82, 2.24) is 20.9 Å². The molecule has 1 fully saturated rings. The zero-order chi connectivity index (χ0) is 21.1. The van der Waals surface area contributed by atoms with E-state index < -0.39 is 0 Å². The van der Waals surface area contributed by atoms with E-state index in [0.29, 0.717) is 24.9 Å². The van der Waals surface area contributed by atoms with Gasteiger partial charge in [-0.15, -0.1) is 24.0 Å². The number of halogens is 2. The van der Waals surface area contributed by atoms with E-state index in [1.54, 1.807) is 19.2 Å². The van der Waals surface area contributed by atoms with E-state index in [1.807, 2.05) is 13.8 Å². The van der Waals surface area contributed by atoms with Crippen LogP contribution in [0.5, 0.6) is 5.75 Å². The molecule has 1 heterocycles. The molecular weight excluding hydrogens is 500 g/mol. The molecule has 0 aromatic heterocycles. The van der Waals surface area contributed by atoms with Crippen LogP contribution in [0.25, 0.3) is 0 Å². The van der Waals surface area contributed by atoms with E-state index in [4.69, 9.17) is 4.74 Å². The predicted molar refractivity (Wildman–Crippen MR) is 129 cm³/mol. The number of carbonyl (C=O) groups is 1. The third kappa shape index (κ3) is 9.92. The van der Waals surface area contributed by atoms with E-state index in [-0.39, 0.29) is 41.8 Å². The summed E-state index contributed by atoms with van der Waals surface area (Å²) in [5.74, 6) is 1.20. The van der Waals surface area contributed by atoms with Crippen LogP contribution >= 0.6 is 24.0 Å². The van der Waals surface area contributed by atoms with Gasteiger partial charge < -0.3 is 20.7 Å². The first-order valence-corrected chi connectivity index (χ1v) is 10.4. The van der Waals surface area contributed by atoms with Crippen LogP contribution in [0.1, 0.15) is 33.1 Å². The van der Waals surface area contributed by atoms with Gasteiger partial charge in [-0.05, 0) is 50.5 Å². The number of hydrogen-bond donors (Lipinski definition) is 3. The highest BCUT2D eigenvalue weighted by molar-refractivity contribution is 14.0. The topological polar surface area (TPSA) is 78.0 Å². The van der Waals surface area contributed by atoms with Crippen LogP contribution in [0.15, 0.2) is 29.3 Å². The molecule has 1 aromatic carbocycles. The molecule has 0 radical (unpaired) electrons. The van der Waals surface area contributed by atoms with Crippen LogP contribution in [-0.2, 0) is 4.79 Å². The molecule has 1 atom stereocenters. The van der Waals surface area contributed by atoms with E-state index in [9.17, 15) is 9.18 Å². The molecule has 0 bridgehead atoms. The second-order valence-electron chi connectivity index (χ2n) is 7.38. The molecule has 0 aliphatic carbocycles. The summed E-state index contributed by atoms with van der Waals surface area (Å²) in [4.78, 5) is 18.3. The fourth-order valence-electron chi connectivity index (χ4n) is 3.17. The van der Waals surface area contributed by atoms with E-state index in [2.05, 4.69) is 25.8 Å². The molecule has 0 spiro atoms.